The molecule has 1 atom stereocenters. The van der Waals surface area contributed by atoms with Gasteiger partial charge in [0.2, 0.25) is 0 Å². The Labute approximate surface area is 127 Å². The fourth-order valence-corrected chi connectivity index (χ4v) is 2.61. The molecule has 1 fully saturated rings. The van der Waals surface area contributed by atoms with Crippen LogP contribution in [0.1, 0.15) is 32.3 Å². The molecule has 114 valence electrons. The van der Waals surface area contributed by atoms with Crippen LogP contribution in [0.2, 0.25) is 0 Å². The number of hydrogen-bond donors (Lipinski definition) is 1. The quantitative estimate of drug-likeness (QED) is 0.799. The Morgan fingerprint density at radius 1 is 1.43 bits per heavy atom. The molecule has 0 heterocycles. The van der Waals surface area contributed by atoms with E-state index < -0.39 is 5.54 Å². The van der Waals surface area contributed by atoms with Gasteiger partial charge in [-0.05, 0) is 50.3 Å². The monoisotopic (exact) mass is 288 g/mol. The van der Waals surface area contributed by atoms with Crippen LogP contribution in [-0.4, -0.2) is 25.3 Å². The van der Waals surface area contributed by atoms with Crippen molar-refractivity contribution in [2.24, 2.45) is 5.92 Å². The molecule has 1 aromatic carbocycles. The van der Waals surface area contributed by atoms with Crippen molar-refractivity contribution in [2.45, 2.75) is 44.9 Å². The summed E-state index contributed by atoms with van der Waals surface area (Å²) in [6, 6.07) is 10.6. The lowest BCUT2D eigenvalue weighted by atomic mass is 9.95. The Kier molecular flexibility index (Phi) is 5.22. The zero-order valence-electron chi connectivity index (χ0n) is 13.1. The second-order valence-electron chi connectivity index (χ2n) is 6.03. The Balaban J connectivity index is 2.04. The highest BCUT2D eigenvalue weighted by Gasteiger charge is 2.46. The van der Waals surface area contributed by atoms with Crippen LogP contribution in [0.25, 0.3) is 0 Å². The van der Waals surface area contributed by atoms with Crippen LogP contribution >= 0.6 is 0 Å². The van der Waals surface area contributed by atoms with Gasteiger partial charge in [-0.15, -0.1) is 0 Å². The molecule has 1 unspecified atom stereocenters. The molecule has 0 bridgehead atoms. The van der Waals surface area contributed by atoms with Crippen molar-refractivity contribution in [3.05, 3.63) is 29.8 Å². The second kappa shape index (κ2) is 6.93. The summed E-state index contributed by atoms with van der Waals surface area (Å²) in [7, 11) is 1.67. The summed E-state index contributed by atoms with van der Waals surface area (Å²) in [6.45, 7) is 5.07. The largest absolute Gasteiger partial charge is 0.491 e. The van der Waals surface area contributed by atoms with Crippen LogP contribution in [0.3, 0.4) is 0 Å². The summed E-state index contributed by atoms with van der Waals surface area (Å²) in [5, 5.41) is 13.0. The van der Waals surface area contributed by atoms with Crippen LogP contribution in [0.5, 0.6) is 5.75 Å². The summed E-state index contributed by atoms with van der Waals surface area (Å²) < 4.78 is 11.0. The SMILES string of the molecule is COCc1cccc(OCC(C#N)(NC(C)C)C2CC2)c1. The van der Waals surface area contributed by atoms with Crippen molar-refractivity contribution < 1.29 is 9.47 Å². The predicted octanol–water partition coefficient (Wildman–Crippen LogP) is 2.88. The maximum absolute atomic E-state index is 9.64. The molecule has 0 spiro atoms. The molecule has 0 amide bonds. The lowest BCUT2D eigenvalue weighted by molar-refractivity contribution is 0.181. The lowest BCUT2D eigenvalue weighted by Crippen LogP contribution is -2.53. The molecule has 0 aromatic heterocycles. The van der Waals surface area contributed by atoms with Crippen LogP contribution < -0.4 is 10.1 Å². The van der Waals surface area contributed by atoms with Crippen molar-refractivity contribution in [2.75, 3.05) is 13.7 Å². The van der Waals surface area contributed by atoms with Gasteiger partial charge in [-0.1, -0.05) is 12.1 Å². The van der Waals surface area contributed by atoms with Gasteiger partial charge < -0.3 is 9.47 Å². The van der Waals surface area contributed by atoms with Crippen molar-refractivity contribution in [3.8, 4) is 11.8 Å². The summed E-state index contributed by atoms with van der Waals surface area (Å²) in [6.07, 6.45) is 2.20. The van der Waals surface area contributed by atoms with Crippen LogP contribution in [-0.2, 0) is 11.3 Å². The summed E-state index contributed by atoms with van der Waals surface area (Å²) in [4.78, 5) is 0. The first-order valence-electron chi connectivity index (χ1n) is 7.49. The van der Waals surface area contributed by atoms with Crippen LogP contribution in [0, 0.1) is 17.2 Å². The van der Waals surface area contributed by atoms with E-state index in [1.807, 2.05) is 24.3 Å². The fraction of sp³-hybridized carbons (Fsp3) is 0.588. The fourth-order valence-electron chi connectivity index (χ4n) is 2.61. The van der Waals surface area contributed by atoms with Crippen LogP contribution in [0.15, 0.2) is 24.3 Å². The van der Waals surface area contributed by atoms with Crippen molar-refractivity contribution in [1.82, 2.24) is 5.32 Å². The normalized spacial score (nSPS) is 17.3. The first-order chi connectivity index (χ1) is 10.1. The number of nitriles is 1. The first kappa shape index (κ1) is 15.8. The molecule has 1 aliphatic rings. The average Bonchev–Trinajstić information content (AvgIpc) is 3.29. The van der Waals surface area contributed by atoms with Gasteiger partial charge >= 0.3 is 0 Å². The number of nitrogens with zero attached hydrogens (tertiary/aromatic N) is 1. The molecule has 0 saturated heterocycles. The summed E-state index contributed by atoms with van der Waals surface area (Å²) >= 11 is 0. The van der Waals surface area contributed by atoms with Crippen LogP contribution in [0.4, 0.5) is 0 Å². The van der Waals surface area contributed by atoms with Crippen molar-refractivity contribution in [3.63, 3.8) is 0 Å². The van der Waals surface area contributed by atoms with Crippen molar-refractivity contribution in [1.29, 1.82) is 5.26 Å². The highest BCUT2D eigenvalue weighted by molar-refractivity contribution is 5.29. The number of methoxy groups -OCH3 is 1. The molecule has 0 aliphatic heterocycles. The van der Waals surface area contributed by atoms with E-state index in [4.69, 9.17) is 9.47 Å². The zero-order chi connectivity index (χ0) is 15.3. The third-order valence-corrected chi connectivity index (χ3v) is 3.70. The Hall–Kier alpha value is -1.57. The number of hydrogen-bond acceptors (Lipinski definition) is 4. The van der Waals surface area contributed by atoms with E-state index in [1.54, 1.807) is 7.11 Å². The maximum atomic E-state index is 9.64. The Morgan fingerprint density at radius 2 is 2.19 bits per heavy atom. The van der Waals surface area contributed by atoms with Crippen molar-refractivity contribution >= 4 is 0 Å². The van der Waals surface area contributed by atoms with E-state index in [9.17, 15) is 5.26 Å². The van der Waals surface area contributed by atoms with E-state index in [0.29, 0.717) is 19.1 Å². The molecule has 0 radical (unpaired) electrons. The number of ether oxygens (including phenoxy) is 2. The highest BCUT2D eigenvalue weighted by atomic mass is 16.5. The van der Waals surface area contributed by atoms with Gasteiger partial charge in [-0.3, -0.25) is 5.32 Å². The van der Waals surface area contributed by atoms with E-state index >= 15 is 0 Å². The third-order valence-electron chi connectivity index (χ3n) is 3.70. The molecule has 1 N–H and O–H groups in total. The van der Waals surface area contributed by atoms with Gasteiger partial charge in [0.1, 0.15) is 17.9 Å². The molecule has 2 rings (SSSR count). The van der Waals surface area contributed by atoms with Gasteiger partial charge in [-0.25, -0.2) is 0 Å². The zero-order valence-corrected chi connectivity index (χ0v) is 13.1. The molecule has 4 nitrogen and oxygen atoms in total. The predicted molar refractivity (Wildman–Crippen MR) is 82.0 cm³/mol. The maximum Gasteiger partial charge on any atom is 0.144 e. The minimum Gasteiger partial charge on any atom is -0.491 e. The highest BCUT2D eigenvalue weighted by Crippen LogP contribution is 2.40. The van der Waals surface area contributed by atoms with Gasteiger partial charge in [0.05, 0.1) is 12.7 Å². The molecule has 4 heteroatoms. The molecule has 1 saturated carbocycles. The number of rotatable bonds is 8. The lowest BCUT2D eigenvalue weighted by Gasteiger charge is -2.30. The standard InChI is InChI=1S/C17H24N2O2/c1-13(2)19-17(11-18,15-7-8-15)12-21-16-6-4-5-14(9-16)10-20-3/h4-6,9,13,15,19H,7-8,10,12H2,1-3H3. The number of nitrogens with one attached hydrogen (secondary N) is 1. The average molecular weight is 288 g/mol. The van der Waals surface area contributed by atoms with E-state index in [-0.39, 0.29) is 6.04 Å². The Morgan fingerprint density at radius 3 is 2.76 bits per heavy atom. The molecular weight excluding hydrogens is 264 g/mol. The Bertz CT molecular complexity index is 506. The van der Waals surface area contributed by atoms with E-state index in [2.05, 4.69) is 25.2 Å². The first-order valence-corrected chi connectivity index (χ1v) is 7.49. The smallest absolute Gasteiger partial charge is 0.144 e. The van der Waals surface area contributed by atoms with Gasteiger partial charge in [-0.2, -0.15) is 5.26 Å². The van der Waals surface area contributed by atoms with Gasteiger partial charge in [0.25, 0.3) is 0 Å². The minimum atomic E-state index is -0.578. The molecular formula is C17H24N2O2. The summed E-state index contributed by atoms with van der Waals surface area (Å²) in [5.41, 5.74) is 0.492. The molecule has 21 heavy (non-hydrogen) atoms. The third kappa shape index (κ3) is 4.20. The van der Waals surface area contributed by atoms with Gasteiger partial charge in [0.15, 0.2) is 0 Å². The topological polar surface area (TPSA) is 54.3 Å². The molecule has 1 aliphatic carbocycles. The minimum absolute atomic E-state index is 0.258. The second-order valence-corrected chi connectivity index (χ2v) is 6.03. The molecule has 1 aromatic rings. The van der Waals surface area contributed by atoms with Gasteiger partial charge in [0, 0.05) is 13.2 Å². The number of benzene rings is 1. The summed E-state index contributed by atoms with van der Waals surface area (Å²) in [5.74, 6) is 1.18. The van der Waals surface area contributed by atoms with E-state index in [0.717, 1.165) is 24.2 Å². The van der Waals surface area contributed by atoms with E-state index in [1.165, 1.54) is 0 Å².